The minimum Gasteiger partial charge on any atom is -0.397 e. The molecule has 2 aromatic rings. The highest BCUT2D eigenvalue weighted by atomic mass is 79.9. The predicted molar refractivity (Wildman–Crippen MR) is 82.7 cm³/mol. The monoisotopic (exact) mass is 356 g/mol. The molecule has 104 valence electrons. The van der Waals surface area contributed by atoms with Gasteiger partial charge in [0.2, 0.25) is 0 Å². The zero-order chi connectivity index (χ0) is 14.9. The van der Waals surface area contributed by atoms with Crippen molar-refractivity contribution in [3.63, 3.8) is 0 Å². The third-order valence-corrected chi connectivity index (χ3v) is 3.69. The van der Waals surface area contributed by atoms with E-state index < -0.39 is 11.7 Å². The molecule has 0 aliphatic heterocycles. The maximum absolute atomic E-state index is 14.0. The van der Waals surface area contributed by atoms with Crippen LogP contribution in [0.1, 0.15) is 10.4 Å². The molecule has 1 amide bonds. The predicted octanol–water partition coefficient (Wildman–Crippen LogP) is 4.10. The van der Waals surface area contributed by atoms with Crippen molar-refractivity contribution in [1.29, 1.82) is 0 Å². The highest BCUT2D eigenvalue weighted by Gasteiger charge is 2.20. The molecule has 0 aromatic heterocycles. The van der Waals surface area contributed by atoms with Crippen molar-refractivity contribution >= 4 is 44.8 Å². The van der Waals surface area contributed by atoms with E-state index in [0.29, 0.717) is 16.4 Å². The third-order valence-electron chi connectivity index (χ3n) is 2.84. The van der Waals surface area contributed by atoms with E-state index in [1.165, 1.54) is 24.1 Å². The van der Waals surface area contributed by atoms with Crippen molar-refractivity contribution < 1.29 is 9.18 Å². The number of carbonyl (C=O) groups is 1. The Labute approximate surface area is 129 Å². The molecular formula is C14H11BrClFN2O. The molecule has 0 aliphatic rings. The summed E-state index contributed by atoms with van der Waals surface area (Å²) in [5.74, 6) is -1.11. The molecule has 0 bridgehead atoms. The van der Waals surface area contributed by atoms with Gasteiger partial charge in [0.05, 0.1) is 21.4 Å². The summed E-state index contributed by atoms with van der Waals surface area (Å²) in [4.78, 5) is 13.6. The first-order valence-corrected chi connectivity index (χ1v) is 6.86. The molecule has 2 rings (SSSR count). The number of hydrogen-bond acceptors (Lipinski definition) is 2. The summed E-state index contributed by atoms with van der Waals surface area (Å²) in [5, 5.41) is 0.448. The van der Waals surface area contributed by atoms with Gasteiger partial charge in [-0.3, -0.25) is 4.79 Å². The summed E-state index contributed by atoms with van der Waals surface area (Å²) in [6.45, 7) is 0. The van der Waals surface area contributed by atoms with Crippen LogP contribution >= 0.6 is 27.5 Å². The normalized spacial score (nSPS) is 10.4. The molecule has 0 heterocycles. The molecule has 0 saturated carbocycles. The number of nitrogens with two attached hydrogens (primary N) is 1. The fourth-order valence-electron chi connectivity index (χ4n) is 1.77. The fraction of sp³-hybridized carbons (Fsp3) is 0.0714. The number of hydrogen-bond donors (Lipinski definition) is 1. The second-order valence-corrected chi connectivity index (χ2v) is 5.46. The van der Waals surface area contributed by atoms with E-state index in [1.807, 2.05) is 0 Å². The van der Waals surface area contributed by atoms with Crippen molar-refractivity contribution in [2.75, 3.05) is 17.7 Å². The summed E-state index contributed by atoms with van der Waals surface area (Å²) in [7, 11) is 1.52. The third kappa shape index (κ3) is 2.78. The SMILES string of the molecule is CN(C(=O)c1cccc(Br)c1F)c1cc(Cl)ccc1N. The van der Waals surface area contributed by atoms with E-state index in [9.17, 15) is 9.18 Å². The topological polar surface area (TPSA) is 46.3 Å². The van der Waals surface area contributed by atoms with Crippen molar-refractivity contribution in [2.45, 2.75) is 0 Å². The lowest BCUT2D eigenvalue weighted by atomic mass is 10.1. The number of benzene rings is 2. The Morgan fingerprint density at radius 2 is 2.05 bits per heavy atom. The van der Waals surface area contributed by atoms with E-state index in [0.717, 1.165) is 0 Å². The van der Waals surface area contributed by atoms with Gasteiger partial charge in [0.1, 0.15) is 5.82 Å². The summed E-state index contributed by atoms with van der Waals surface area (Å²) in [6, 6.07) is 9.32. The van der Waals surface area contributed by atoms with Crippen molar-refractivity contribution in [1.82, 2.24) is 0 Å². The van der Waals surface area contributed by atoms with Gasteiger partial charge >= 0.3 is 0 Å². The Morgan fingerprint density at radius 1 is 1.35 bits per heavy atom. The number of anilines is 2. The molecule has 2 N–H and O–H groups in total. The first-order chi connectivity index (χ1) is 9.41. The van der Waals surface area contributed by atoms with Crippen LogP contribution in [-0.2, 0) is 0 Å². The number of carbonyl (C=O) groups excluding carboxylic acids is 1. The Morgan fingerprint density at radius 3 is 2.75 bits per heavy atom. The largest absolute Gasteiger partial charge is 0.397 e. The average Bonchev–Trinajstić information content (AvgIpc) is 2.43. The molecule has 0 unspecified atom stereocenters. The van der Waals surface area contributed by atoms with Gasteiger partial charge in [-0.2, -0.15) is 0 Å². The fourth-order valence-corrected chi connectivity index (χ4v) is 2.30. The summed E-state index contributed by atoms with van der Waals surface area (Å²) < 4.78 is 14.2. The number of rotatable bonds is 2. The molecule has 20 heavy (non-hydrogen) atoms. The number of amides is 1. The van der Waals surface area contributed by atoms with Crippen LogP contribution in [0, 0.1) is 5.82 Å². The standard InChI is InChI=1S/C14H11BrClFN2O/c1-19(12-7-8(16)5-6-11(12)18)14(20)9-3-2-4-10(15)13(9)17/h2-7H,18H2,1H3. The lowest BCUT2D eigenvalue weighted by Crippen LogP contribution is -2.28. The molecule has 0 atom stereocenters. The van der Waals surface area contributed by atoms with Gasteiger partial charge in [-0.05, 0) is 46.3 Å². The highest BCUT2D eigenvalue weighted by molar-refractivity contribution is 9.10. The van der Waals surface area contributed by atoms with Crippen LogP contribution in [0.15, 0.2) is 40.9 Å². The van der Waals surface area contributed by atoms with Crippen LogP contribution in [0.2, 0.25) is 5.02 Å². The molecule has 0 radical (unpaired) electrons. The first-order valence-electron chi connectivity index (χ1n) is 5.69. The number of nitrogen functional groups attached to an aromatic ring is 1. The lowest BCUT2D eigenvalue weighted by molar-refractivity contribution is 0.0989. The van der Waals surface area contributed by atoms with Gasteiger partial charge in [-0.25, -0.2) is 4.39 Å². The molecule has 0 aliphatic carbocycles. The van der Waals surface area contributed by atoms with Crippen molar-refractivity contribution in [2.24, 2.45) is 0 Å². The molecule has 0 saturated heterocycles. The first kappa shape index (κ1) is 14.8. The van der Waals surface area contributed by atoms with Gasteiger partial charge in [-0.15, -0.1) is 0 Å². The summed E-state index contributed by atoms with van der Waals surface area (Å²) in [6.07, 6.45) is 0. The van der Waals surface area contributed by atoms with E-state index in [4.69, 9.17) is 17.3 Å². The Balaban J connectivity index is 2.43. The number of nitrogens with zero attached hydrogens (tertiary/aromatic N) is 1. The van der Waals surface area contributed by atoms with E-state index in [-0.39, 0.29) is 10.0 Å². The summed E-state index contributed by atoms with van der Waals surface area (Å²) >= 11 is 8.95. The van der Waals surface area contributed by atoms with E-state index in [1.54, 1.807) is 24.3 Å². The van der Waals surface area contributed by atoms with Crippen molar-refractivity contribution in [3.8, 4) is 0 Å². The van der Waals surface area contributed by atoms with Gasteiger partial charge in [0.25, 0.3) is 5.91 Å². The van der Waals surface area contributed by atoms with Gasteiger partial charge < -0.3 is 10.6 Å². The van der Waals surface area contributed by atoms with E-state index >= 15 is 0 Å². The van der Waals surface area contributed by atoms with Crippen LogP contribution in [-0.4, -0.2) is 13.0 Å². The van der Waals surface area contributed by atoms with Crippen LogP contribution in [0.25, 0.3) is 0 Å². The zero-order valence-corrected chi connectivity index (χ0v) is 12.9. The Hall–Kier alpha value is -1.59. The second kappa shape index (κ2) is 5.81. The minimum absolute atomic E-state index is 0.0405. The molecule has 0 fully saturated rings. The van der Waals surface area contributed by atoms with Crippen LogP contribution < -0.4 is 10.6 Å². The van der Waals surface area contributed by atoms with Crippen LogP contribution in [0.3, 0.4) is 0 Å². The Kier molecular flexibility index (Phi) is 4.30. The Bertz CT molecular complexity index is 678. The summed E-state index contributed by atoms with van der Waals surface area (Å²) in [5.41, 5.74) is 6.60. The number of halogens is 3. The van der Waals surface area contributed by atoms with Gasteiger partial charge in [-0.1, -0.05) is 17.7 Å². The minimum atomic E-state index is -0.607. The van der Waals surface area contributed by atoms with Crippen LogP contribution in [0.5, 0.6) is 0 Å². The quantitative estimate of drug-likeness (QED) is 0.823. The lowest BCUT2D eigenvalue weighted by Gasteiger charge is -2.20. The average molecular weight is 358 g/mol. The maximum Gasteiger partial charge on any atom is 0.261 e. The molecular weight excluding hydrogens is 347 g/mol. The molecule has 2 aromatic carbocycles. The zero-order valence-electron chi connectivity index (χ0n) is 10.5. The second-order valence-electron chi connectivity index (χ2n) is 4.17. The highest BCUT2D eigenvalue weighted by Crippen LogP contribution is 2.28. The van der Waals surface area contributed by atoms with Crippen LogP contribution in [0.4, 0.5) is 15.8 Å². The molecule has 0 spiro atoms. The van der Waals surface area contributed by atoms with Gasteiger partial charge in [0.15, 0.2) is 0 Å². The van der Waals surface area contributed by atoms with Crippen molar-refractivity contribution in [3.05, 3.63) is 57.3 Å². The maximum atomic E-state index is 14.0. The smallest absolute Gasteiger partial charge is 0.261 e. The van der Waals surface area contributed by atoms with E-state index in [2.05, 4.69) is 15.9 Å². The van der Waals surface area contributed by atoms with Gasteiger partial charge in [0, 0.05) is 12.1 Å². The molecule has 6 heteroatoms. The molecule has 3 nitrogen and oxygen atoms in total.